The Hall–Kier alpha value is -1.42. The van der Waals surface area contributed by atoms with E-state index in [0.29, 0.717) is 18.8 Å². The Morgan fingerprint density at radius 1 is 1.57 bits per heavy atom. The lowest BCUT2D eigenvalue weighted by Gasteiger charge is -2.03. The quantitative estimate of drug-likeness (QED) is 0.726. The largest absolute Gasteiger partial charge is 0.461 e. The van der Waals surface area contributed by atoms with E-state index in [1.165, 1.54) is 0 Å². The summed E-state index contributed by atoms with van der Waals surface area (Å²) in [4.78, 5) is 15.4. The molecule has 0 aliphatic rings. The molecule has 0 saturated carbocycles. The Balaban J connectivity index is 2.77. The van der Waals surface area contributed by atoms with Crippen LogP contribution in [0.25, 0.3) is 0 Å². The molecule has 4 heteroatoms. The molecule has 0 aliphatic heterocycles. The molecule has 0 saturated heterocycles. The second-order valence-corrected chi connectivity index (χ2v) is 2.76. The third-order valence-electron chi connectivity index (χ3n) is 1.65. The van der Waals surface area contributed by atoms with E-state index in [-0.39, 0.29) is 5.97 Å². The van der Waals surface area contributed by atoms with Crippen LogP contribution in [0.4, 0.5) is 0 Å². The van der Waals surface area contributed by atoms with Gasteiger partial charge in [-0.25, -0.2) is 9.78 Å². The van der Waals surface area contributed by atoms with Gasteiger partial charge in [-0.15, -0.1) is 0 Å². The van der Waals surface area contributed by atoms with Crippen LogP contribution < -0.4 is 5.32 Å². The van der Waals surface area contributed by atoms with Crippen LogP contribution in [0.15, 0.2) is 18.2 Å². The highest BCUT2D eigenvalue weighted by molar-refractivity contribution is 5.87. The van der Waals surface area contributed by atoms with Crippen LogP contribution >= 0.6 is 0 Å². The summed E-state index contributed by atoms with van der Waals surface area (Å²) in [7, 11) is 1.83. The number of nitrogens with zero attached hydrogens (tertiary/aromatic N) is 1. The average molecular weight is 194 g/mol. The van der Waals surface area contributed by atoms with Crippen molar-refractivity contribution in [2.45, 2.75) is 13.5 Å². The molecule has 0 aliphatic carbocycles. The van der Waals surface area contributed by atoms with Crippen molar-refractivity contribution in [3.63, 3.8) is 0 Å². The standard InChI is InChI=1S/C10H14N2O2/c1-3-14-10(13)9-6-4-5-8(12-9)7-11-2/h4-6,11H,3,7H2,1-2H3. The Bertz CT molecular complexity index is 313. The predicted molar refractivity (Wildman–Crippen MR) is 53.0 cm³/mol. The fourth-order valence-electron chi connectivity index (χ4n) is 1.08. The van der Waals surface area contributed by atoms with Gasteiger partial charge < -0.3 is 10.1 Å². The molecule has 0 fully saturated rings. The molecule has 0 radical (unpaired) electrons. The summed E-state index contributed by atoms with van der Waals surface area (Å²) >= 11 is 0. The third kappa shape index (κ3) is 2.81. The number of hydrogen-bond donors (Lipinski definition) is 1. The lowest BCUT2D eigenvalue weighted by atomic mass is 10.3. The summed E-state index contributed by atoms with van der Waals surface area (Å²) in [6, 6.07) is 5.31. The summed E-state index contributed by atoms with van der Waals surface area (Å²) in [6.45, 7) is 2.79. The lowest BCUT2D eigenvalue weighted by molar-refractivity contribution is 0.0519. The summed E-state index contributed by atoms with van der Waals surface area (Å²) < 4.78 is 4.84. The van der Waals surface area contributed by atoms with Gasteiger partial charge in [0.05, 0.1) is 12.3 Å². The Morgan fingerprint density at radius 2 is 2.36 bits per heavy atom. The van der Waals surface area contributed by atoms with Crippen LogP contribution in [0.2, 0.25) is 0 Å². The summed E-state index contributed by atoms with van der Waals surface area (Å²) in [5.74, 6) is -0.370. The average Bonchev–Trinajstić information content (AvgIpc) is 2.19. The molecule has 1 heterocycles. The second-order valence-electron chi connectivity index (χ2n) is 2.76. The number of pyridine rings is 1. The number of aromatic nitrogens is 1. The first-order valence-corrected chi connectivity index (χ1v) is 4.55. The Kier molecular flexibility index (Phi) is 4.07. The van der Waals surface area contributed by atoms with Gasteiger partial charge in [0.2, 0.25) is 0 Å². The second kappa shape index (κ2) is 5.34. The molecule has 1 N–H and O–H groups in total. The first-order chi connectivity index (χ1) is 6.77. The molecule has 1 aromatic rings. The van der Waals surface area contributed by atoms with E-state index in [0.717, 1.165) is 5.69 Å². The van der Waals surface area contributed by atoms with Crippen molar-refractivity contribution in [2.75, 3.05) is 13.7 Å². The molecule has 4 nitrogen and oxygen atoms in total. The summed E-state index contributed by atoms with van der Waals surface area (Å²) in [5, 5.41) is 2.97. The van der Waals surface area contributed by atoms with Gasteiger partial charge in [-0.3, -0.25) is 0 Å². The number of carbonyl (C=O) groups is 1. The van der Waals surface area contributed by atoms with Gasteiger partial charge in [-0.2, -0.15) is 0 Å². The summed E-state index contributed by atoms with van der Waals surface area (Å²) in [6.07, 6.45) is 0. The Morgan fingerprint density at radius 3 is 3.00 bits per heavy atom. The maximum Gasteiger partial charge on any atom is 0.356 e. The molecule has 0 spiro atoms. The maximum atomic E-state index is 11.3. The van der Waals surface area contributed by atoms with Crippen molar-refractivity contribution in [2.24, 2.45) is 0 Å². The van der Waals surface area contributed by atoms with Crippen molar-refractivity contribution in [3.8, 4) is 0 Å². The molecular formula is C10H14N2O2. The minimum Gasteiger partial charge on any atom is -0.461 e. The van der Waals surface area contributed by atoms with Crippen LogP contribution in [0.3, 0.4) is 0 Å². The highest BCUT2D eigenvalue weighted by atomic mass is 16.5. The molecular weight excluding hydrogens is 180 g/mol. The van der Waals surface area contributed by atoms with Crippen LogP contribution in [-0.4, -0.2) is 24.6 Å². The zero-order chi connectivity index (χ0) is 10.4. The van der Waals surface area contributed by atoms with Gasteiger partial charge >= 0.3 is 5.97 Å². The SMILES string of the molecule is CCOC(=O)c1cccc(CNC)n1. The molecule has 0 atom stereocenters. The number of rotatable bonds is 4. The third-order valence-corrected chi connectivity index (χ3v) is 1.65. The van der Waals surface area contributed by atoms with E-state index in [1.54, 1.807) is 19.1 Å². The van der Waals surface area contributed by atoms with Crippen molar-refractivity contribution in [3.05, 3.63) is 29.6 Å². The predicted octanol–water partition coefficient (Wildman–Crippen LogP) is 0.978. The normalized spacial score (nSPS) is 9.86. The first kappa shape index (κ1) is 10.7. The van der Waals surface area contributed by atoms with Crippen molar-refractivity contribution < 1.29 is 9.53 Å². The molecule has 0 bridgehead atoms. The van der Waals surface area contributed by atoms with Crippen LogP contribution in [0.1, 0.15) is 23.1 Å². The number of esters is 1. The van der Waals surface area contributed by atoms with Crippen molar-refractivity contribution >= 4 is 5.97 Å². The maximum absolute atomic E-state index is 11.3. The summed E-state index contributed by atoms with van der Waals surface area (Å²) in [5.41, 5.74) is 1.19. The molecule has 0 aromatic carbocycles. The molecule has 14 heavy (non-hydrogen) atoms. The van der Waals surface area contributed by atoms with E-state index >= 15 is 0 Å². The first-order valence-electron chi connectivity index (χ1n) is 4.55. The number of hydrogen-bond acceptors (Lipinski definition) is 4. The van der Waals surface area contributed by atoms with E-state index in [2.05, 4.69) is 10.3 Å². The van der Waals surface area contributed by atoms with Crippen molar-refractivity contribution in [1.82, 2.24) is 10.3 Å². The van der Waals surface area contributed by atoms with E-state index in [9.17, 15) is 4.79 Å². The smallest absolute Gasteiger partial charge is 0.356 e. The van der Waals surface area contributed by atoms with Gasteiger partial charge in [0.1, 0.15) is 5.69 Å². The number of nitrogens with one attached hydrogen (secondary N) is 1. The Labute approximate surface area is 83.3 Å². The molecule has 76 valence electrons. The van der Waals surface area contributed by atoms with Crippen LogP contribution in [0, 0.1) is 0 Å². The van der Waals surface area contributed by atoms with Gasteiger partial charge in [-0.1, -0.05) is 6.07 Å². The van der Waals surface area contributed by atoms with Gasteiger partial charge in [0, 0.05) is 6.54 Å². The minimum absolute atomic E-state index is 0.361. The fourth-order valence-corrected chi connectivity index (χ4v) is 1.08. The molecule has 1 aromatic heterocycles. The minimum atomic E-state index is -0.370. The zero-order valence-electron chi connectivity index (χ0n) is 8.41. The number of ether oxygens (including phenoxy) is 1. The van der Waals surface area contributed by atoms with E-state index < -0.39 is 0 Å². The van der Waals surface area contributed by atoms with E-state index in [1.807, 2.05) is 13.1 Å². The lowest BCUT2D eigenvalue weighted by Crippen LogP contribution is -2.11. The van der Waals surface area contributed by atoms with Crippen LogP contribution in [-0.2, 0) is 11.3 Å². The van der Waals surface area contributed by atoms with Crippen molar-refractivity contribution in [1.29, 1.82) is 0 Å². The monoisotopic (exact) mass is 194 g/mol. The van der Waals surface area contributed by atoms with E-state index in [4.69, 9.17) is 4.74 Å². The van der Waals surface area contributed by atoms with Gasteiger partial charge in [0.25, 0.3) is 0 Å². The highest BCUT2D eigenvalue weighted by Gasteiger charge is 2.07. The topological polar surface area (TPSA) is 51.2 Å². The van der Waals surface area contributed by atoms with Gasteiger partial charge in [-0.05, 0) is 26.1 Å². The number of carbonyl (C=O) groups excluding carboxylic acids is 1. The molecule has 1 rings (SSSR count). The fraction of sp³-hybridized carbons (Fsp3) is 0.400. The highest BCUT2D eigenvalue weighted by Crippen LogP contribution is 2.01. The molecule has 0 unspecified atom stereocenters. The van der Waals surface area contributed by atoms with Crippen LogP contribution in [0.5, 0.6) is 0 Å². The molecule has 0 amide bonds. The zero-order valence-corrected chi connectivity index (χ0v) is 8.41. The van der Waals surface area contributed by atoms with Gasteiger partial charge in [0.15, 0.2) is 0 Å².